The number of nitrogens with zero attached hydrogens (tertiary/aromatic N) is 4. The number of aromatic nitrogens is 1. The summed E-state index contributed by atoms with van der Waals surface area (Å²) < 4.78 is 32.2. The monoisotopic (exact) mass is 374 g/mol. The Morgan fingerprint density at radius 3 is 2.23 bits per heavy atom. The van der Waals surface area contributed by atoms with Gasteiger partial charge in [0.15, 0.2) is 5.76 Å². The van der Waals surface area contributed by atoms with Crippen molar-refractivity contribution >= 4 is 10.0 Å². The lowest BCUT2D eigenvalue weighted by molar-refractivity contribution is 0.162. The molecule has 7 nitrogen and oxygen atoms in total. The highest BCUT2D eigenvalue weighted by Gasteiger charge is 2.35. The molecule has 1 aromatic heterocycles. The van der Waals surface area contributed by atoms with Crippen molar-refractivity contribution < 1.29 is 12.9 Å². The molecule has 0 radical (unpaired) electrons. The molecule has 138 valence electrons. The van der Waals surface area contributed by atoms with Crippen molar-refractivity contribution in [2.24, 2.45) is 0 Å². The van der Waals surface area contributed by atoms with Gasteiger partial charge in [-0.1, -0.05) is 35.0 Å². The Balaban J connectivity index is 1.74. The summed E-state index contributed by atoms with van der Waals surface area (Å²) >= 11 is 0. The molecule has 1 aromatic carbocycles. The number of hydrogen-bond donors (Lipinski definition) is 0. The van der Waals surface area contributed by atoms with Gasteiger partial charge in [-0.3, -0.25) is 4.90 Å². The van der Waals surface area contributed by atoms with E-state index < -0.39 is 10.0 Å². The summed E-state index contributed by atoms with van der Waals surface area (Å²) in [5, 5.41) is 13.4. The fraction of sp³-hybridized carbons (Fsp3) is 0.444. The third-order valence-electron chi connectivity index (χ3n) is 4.72. The van der Waals surface area contributed by atoms with E-state index >= 15 is 0 Å². The van der Waals surface area contributed by atoms with E-state index in [1.165, 1.54) is 4.31 Å². The molecule has 0 spiro atoms. The van der Waals surface area contributed by atoms with Crippen LogP contribution in [0.3, 0.4) is 0 Å². The molecule has 2 heterocycles. The molecule has 1 aliphatic rings. The first kappa shape index (κ1) is 18.6. The molecular weight excluding hydrogens is 352 g/mol. The van der Waals surface area contributed by atoms with E-state index in [1.807, 2.05) is 36.1 Å². The first-order chi connectivity index (χ1) is 12.3. The first-order valence-corrected chi connectivity index (χ1v) is 9.92. The second-order valence-corrected chi connectivity index (χ2v) is 8.41. The number of aryl methyl sites for hydroxylation is 3. The average molecular weight is 374 g/mol. The minimum atomic E-state index is -3.64. The van der Waals surface area contributed by atoms with Crippen LogP contribution in [0.4, 0.5) is 0 Å². The molecule has 1 saturated heterocycles. The van der Waals surface area contributed by atoms with Gasteiger partial charge in [-0.2, -0.15) is 9.57 Å². The Kier molecular flexibility index (Phi) is 5.14. The summed E-state index contributed by atoms with van der Waals surface area (Å²) in [5.41, 5.74) is 2.44. The maximum absolute atomic E-state index is 12.9. The molecule has 26 heavy (non-hydrogen) atoms. The number of hydrogen-bond acceptors (Lipinski definition) is 6. The Morgan fingerprint density at radius 1 is 1.12 bits per heavy atom. The van der Waals surface area contributed by atoms with Crippen molar-refractivity contribution in [1.82, 2.24) is 14.4 Å². The zero-order valence-corrected chi connectivity index (χ0v) is 16.0. The smallest absolute Gasteiger partial charge is 0.248 e. The minimum Gasteiger partial charge on any atom is -0.360 e. The van der Waals surface area contributed by atoms with Gasteiger partial charge in [-0.25, -0.2) is 8.42 Å². The van der Waals surface area contributed by atoms with Crippen molar-refractivity contribution in [3.8, 4) is 6.07 Å². The molecule has 2 aromatic rings. The number of nitriles is 1. The van der Waals surface area contributed by atoms with Gasteiger partial charge in [0.25, 0.3) is 0 Å². The van der Waals surface area contributed by atoms with Crippen molar-refractivity contribution in [2.45, 2.75) is 31.7 Å². The predicted octanol–water partition coefficient (Wildman–Crippen LogP) is 2.17. The fourth-order valence-corrected chi connectivity index (χ4v) is 5.00. The van der Waals surface area contributed by atoms with Crippen LogP contribution < -0.4 is 0 Å². The van der Waals surface area contributed by atoms with Gasteiger partial charge in [-0.05, 0) is 26.3 Å². The summed E-state index contributed by atoms with van der Waals surface area (Å²) in [6, 6.07) is 9.84. The molecular formula is C18H22N4O3S. The van der Waals surface area contributed by atoms with Crippen LogP contribution in [0, 0.1) is 32.1 Å². The van der Waals surface area contributed by atoms with E-state index in [-0.39, 0.29) is 10.9 Å². The van der Waals surface area contributed by atoms with Crippen LogP contribution in [0.5, 0.6) is 0 Å². The highest BCUT2D eigenvalue weighted by molar-refractivity contribution is 7.89. The zero-order valence-electron chi connectivity index (χ0n) is 15.1. The van der Waals surface area contributed by atoms with Gasteiger partial charge >= 0.3 is 0 Å². The molecule has 0 aliphatic carbocycles. The molecule has 1 fully saturated rings. The van der Waals surface area contributed by atoms with E-state index in [0.29, 0.717) is 37.6 Å². The lowest BCUT2D eigenvalue weighted by Crippen LogP contribution is -2.49. The summed E-state index contributed by atoms with van der Waals surface area (Å²) in [4.78, 5) is 2.17. The summed E-state index contributed by atoms with van der Waals surface area (Å²) in [6.07, 6.45) is 0. The van der Waals surface area contributed by atoms with E-state index in [1.54, 1.807) is 13.8 Å². The van der Waals surface area contributed by atoms with Crippen LogP contribution in [0.15, 0.2) is 33.7 Å². The maximum atomic E-state index is 12.9. The van der Waals surface area contributed by atoms with Gasteiger partial charge in [0.05, 0.1) is 6.07 Å². The van der Waals surface area contributed by atoms with E-state index in [0.717, 1.165) is 11.1 Å². The van der Waals surface area contributed by atoms with Gasteiger partial charge in [0.1, 0.15) is 16.6 Å². The molecule has 1 aliphatic heterocycles. The Morgan fingerprint density at radius 2 is 1.73 bits per heavy atom. The van der Waals surface area contributed by atoms with Crippen LogP contribution in [0.25, 0.3) is 0 Å². The first-order valence-electron chi connectivity index (χ1n) is 8.48. The van der Waals surface area contributed by atoms with E-state index in [2.05, 4.69) is 11.2 Å². The second-order valence-electron chi connectivity index (χ2n) is 6.54. The number of rotatable bonds is 4. The van der Waals surface area contributed by atoms with Crippen molar-refractivity contribution in [3.05, 3.63) is 46.8 Å². The highest BCUT2D eigenvalue weighted by atomic mass is 32.2. The minimum absolute atomic E-state index is 0.154. The summed E-state index contributed by atoms with van der Waals surface area (Å²) in [6.45, 7) is 6.88. The van der Waals surface area contributed by atoms with Crippen LogP contribution in [0.2, 0.25) is 0 Å². The topological polar surface area (TPSA) is 90.4 Å². The van der Waals surface area contributed by atoms with Crippen LogP contribution in [0.1, 0.15) is 28.6 Å². The SMILES string of the molecule is Cc1ccc(C(C#N)N2CCN(S(=O)(=O)c3c(C)noc3C)CC2)cc1. The van der Waals surface area contributed by atoms with Crippen molar-refractivity contribution in [1.29, 1.82) is 5.26 Å². The molecule has 3 rings (SSSR count). The Hall–Kier alpha value is -2.21. The highest BCUT2D eigenvalue weighted by Crippen LogP contribution is 2.27. The standard InChI is InChI=1S/C18H22N4O3S/c1-13-4-6-16(7-5-13)17(12-19)21-8-10-22(11-9-21)26(23,24)18-14(2)20-25-15(18)3/h4-7,17H,8-11H2,1-3H3. The van der Waals surface area contributed by atoms with Crippen molar-refractivity contribution in [2.75, 3.05) is 26.2 Å². The molecule has 0 amide bonds. The van der Waals surface area contributed by atoms with Gasteiger partial charge in [0, 0.05) is 26.2 Å². The maximum Gasteiger partial charge on any atom is 0.248 e. The van der Waals surface area contributed by atoms with Crippen LogP contribution in [-0.2, 0) is 10.0 Å². The van der Waals surface area contributed by atoms with Crippen molar-refractivity contribution in [3.63, 3.8) is 0 Å². The molecule has 0 bridgehead atoms. The second kappa shape index (κ2) is 7.19. The molecule has 8 heteroatoms. The normalized spacial score (nSPS) is 17.8. The fourth-order valence-electron chi connectivity index (χ4n) is 3.29. The molecule has 0 saturated carbocycles. The van der Waals surface area contributed by atoms with Crippen LogP contribution >= 0.6 is 0 Å². The average Bonchev–Trinajstić information content (AvgIpc) is 2.97. The third kappa shape index (κ3) is 3.38. The van der Waals surface area contributed by atoms with Crippen LogP contribution in [-0.4, -0.2) is 49.0 Å². The van der Waals surface area contributed by atoms with E-state index in [4.69, 9.17) is 4.52 Å². The van der Waals surface area contributed by atoms with Gasteiger partial charge < -0.3 is 4.52 Å². The predicted molar refractivity (Wildman–Crippen MR) is 95.8 cm³/mol. The largest absolute Gasteiger partial charge is 0.360 e. The number of benzene rings is 1. The molecule has 1 unspecified atom stereocenters. The number of piperazine rings is 1. The lowest BCUT2D eigenvalue weighted by atomic mass is 10.0. The molecule has 1 atom stereocenters. The number of sulfonamides is 1. The molecule has 0 N–H and O–H groups in total. The van der Waals surface area contributed by atoms with E-state index in [9.17, 15) is 13.7 Å². The van der Waals surface area contributed by atoms with Gasteiger partial charge in [0.2, 0.25) is 10.0 Å². The Bertz CT molecular complexity index is 901. The summed E-state index contributed by atoms with van der Waals surface area (Å²) in [5.74, 6) is 0.305. The zero-order chi connectivity index (χ0) is 18.9. The quantitative estimate of drug-likeness (QED) is 0.815. The lowest BCUT2D eigenvalue weighted by Gasteiger charge is -2.36. The Labute approximate surface area is 153 Å². The summed E-state index contributed by atoms with van der Waals surface area (Å²) in [7, 11) is -3.64. The van der Waals surface area contributed by atoms with Gasteiger partial charge in [-0.15, -0.1) is 0 Å². The third-order valence-corrected chi connectivity index (χ3v) is 6.86.